The van der Waals surface area contributed by atoms with E-state index in [9.17, 15) is 9.18 Å². The highest BCUT2D eigenvalue weighted by molar-refractivity contribution is 9.10. The fourth-order valence-electron chi connectivity index (χ4n) is 3.18. The lowest BCUT2D eigenvalue weighted by Crippen LogP contribution is -2.16. The van der Waals surface area contributed by atoms with Crippen LogP contribution in [0.4, 0.5) is 10.2 Å². The van der Waals surface area contributed by atoms with Crippen molar-refractivity contribution in [3.8, 4) is 5.75 Å². The van der Waals surface area contributed by atoms with Gasteiger partial charge in [-0.3, -0.25) is 9.48 Å². The van der Waals surface area contributed by atoms with E-state index in [0.29, 0.717) is 28.2 Å². The second-order valence-electron chi connectivity index (χ2n) is 7.25. The summed E-state index contributed by atoms with van der Waals surface area (Å²) in [6, 6.07) is 14.2. The molecule has 0 unspecified atom stereocenters. The number of benzene rings is 2. The number of aryl methyl sites for hydroxylation is 2. The number of ether oxygens (including phenoxy) is 1. The van der Waals surface area contributed by atoms with Crippen molar-refractivity contribution in [3.63, 3.8) is 0 Å². The number of anilines is 1. The molecule has 4 rings (SSSR count). The first-order chi connectivity index (χ1) is 15.4. The Morgan fingerprint density at radius 1 is 1.22 bits per heavy atom. The Morgan fingerprint density at radius 2 is 2.03 bits per heavy atom. The largest absolute Gasteiger partial charge is 0.486 e. The minimum atomic E-state index is -0.504. The van der Waals surface area contributed by atoms with E-state index in [4.69, 9.17) is 9.26 Å². The summed E-state index contributed by atoms with van der Waals surface area (Å²) >= 11 is 3.43. The van der Waals surface area contributed by atoms with Gasteiger partial charge in [0.1, 0.15) is 12.4 Å². The first-order valence-corrected chi connectivity index (χ1v) is 10.6. The molecule has 0 aliphatic carbocycles. The van der Waals surface area contributed by atoms with Gasteiger partial charge in [-0.05, 0) is 47.5 Å². The van der Waals surface area contributed by atoms with Gasteiger partial charge in [0.05, 0.1) is 16.6 Å². The van der Waals surface area contributed by atoms with Crippen molar-refractivity contribution < 1.29 is 18.4 Å². The van der Waals surface area contributed by atoms with Crippen LogP contribution in [-0.4, -0.2) is 20.8 Å². The summed E-state index contributed by atoms with van der Waals surface area (Å²) in [6.45, 7) is 4.18. The molecule has 0 aliphatic rings. The van der Waals surface area contributed by atoms with Gasteiger partial charge in [0.25, 0.3) is 5.91 Å². The Labute approximate surface area is 192 Å². The van der Waals surface area contributed by atoms with Crippen LogP contribution in [0.5, 0.6) is 5.75 Å². The first kappa shape index (κ1) is 21.8. The van der Waals surface area contributed by atoms with Crippen LogP contribution < -0.4 is 10.1 Å². The van der Waals surface area contributed by atoms with E-state index in [2.05, 4.69) is 37.6 Å². The second kappa shape index (κ2) is 9.35. The third-order valence-electron chi connectivity index (χ3n) is 4.78. The van der Waals surface area contributed by atoms with E-state index in [-0.39, 0.29) is 18.1 Å². The SMILES string of the molecule is Cc1cccc(Cn2cc(Br)c(NC(=O)c3noc(C)c3COc3ccccc3F)n2)c1. The summed E-state index contributed by atoms with van der Waals surface area (Å²) < 4.78 is 26.9. The van der Waals surface area contributed by atoms with Gasteiger partial charge in [-0.15, -0.1) is 0 Å². The molecule has 2 heterocycles. The molecule has 1 amide bonds. The molecule has 0 radical (unpaired) electrons. The van der Waals surface area contributed by atoms with E-state index < -0.39 is 11.7 Å². The molecule has 7 nitrogen and oxygen atoms in total. The predicted octanol–water partition coefficient (Wildman–Crippen LogP) is 5.27. The van der Waals surface area contributed by atoms with Crippen LogP contribution in [0.25, 0.3) is 0 Å². The lowest BCUT2D eigenvalue weighted by molar-refractivity contribution is 0.101. The van der Waals surface area contributed by atoms with Gasteiger partial charge >= 0.3 is 0 Å². The van der Waals surface area contributed by atoms with Gasteiger partial charge in [0.15, 0.2) is 23.1 Å². The number of hydrogen-bond donors (Lipinski definition) is 1. The lowest BCUT2D eigenvalue weighted by atomic mass is 10.1. The Balaban J connectivity index is 1.48. The molecule has 32 heavy (non-hydrogen) atoms. The van der Waals surface area contributed by atoms with Crippen LogP contribution in [0, 0.1) is 19.7 Å². The number of aromatic nitrogens is 3. The van der Waals surface area contributed by atoms with Crippen LogP contribution >= 0.6 is 15.9 Å². The fourth-order valence-corrected chi connectivity index (χ4v) is 3.59. The Morgan fingerprint density at radius 3 is 2.81 bits per heavy atom. The molecule has 0 saturated carbocycles. The highest BCUT2D eigenvalue weighted by atomic mass is 79.9. The molecule has 2 aromatic heterocycles. The van der Waals surface area contributed by atoms with Crippen molar-refractivity contribution in [2.24, 2.45) is 0 Å². The zero-order chi connectivity index (χ0) is 22.7. The molecule has 0 bridgehead atoms. The van der Waals surface area contributed by atoms with Crippen LogP contribution in [0.15, 0.2) is 63.7 Å². The molecule has 0 atom stereocenters. The van der Waals surface area contributed by atoms with Gasteiger partial charge in [0.2, 0.25) is 0 Å². The van der Waals surface area contributed by atoms with Gasteiger partial charge in [-0.25, -0.2) is 4.39 Å². The van der Waals surface area contributed by atoms with E-state index >= 15 is 0 Å². The number of halogens is 2. The predicted molar refractivity (Wildman–Crippen MR) is 120 cm³/mol. The van der Waals surface area contributed by atoms with Crippen LogP contribution in [0.1, 0.15) is 32.9 Å². The molecule has 4 aromatic rings. The average molecular weight is 499 g/mol. The van der Waals surface area contributed by atoms with Crippen LogP contribution in [0.2, 0.25) is 0 Å². The van der Waals surface area contributed by atoms with Crippen molar-refractivity contribution in [3.05, 3.63) is 93.2 Å². The minimum Gasteiger partial charge on any atom is -0.486 e. The van der Waals surface area contributed by atoms with Gasteiger partial charge in [-0.1, -0.05) is 47.1 Å². The van der Waals surface area contributed by atoms with E-state index in [0.717, 1.165) is 11.1 Å². The zero-order valence-corrected chi connectivity index (χ0v) is 19.0. The number of rotatable bonds is 7. The van der Waals surface area contributed by atoms with E-state index in [1.807, 2.05) is 25.1 Å². The third kappa shape index (κ3) is 4.88. The summed E-state index contributed by atoms with van der Waals surface area (Å²) in [5, 5.41) is 11.0. The molecule has 2 aromatic carbocycles. The number of hydrogen-bond acceptors (Lipinski definition) is 5. The molecule has 0 fully saturated rings. The van der Waals surface area contributed by atoms with Crippen molar-refractivity contribution in [1.82, 2.24) is 14.9 Å². The summed E-state index contributed by atoms with van der Waals surface area (Å²) in [5.74, 6) is -0.150. The van der Waals surface area contributed by atoms with Gasteiger partial charge in [-0.2, -0.15) is 5.10 Å². The lowest BCUT2D eigenvalue weighted by Gasteiger charge is -2.07. The number of carbonyl (C=O) groups is 1. The molecule has 0 saturated heterocycles. The second-order valence-corrected chi connectivity index (χ2v) is 8.11. The van der Waals surface area contributed by atoms with Crippen molar-refractivity contribution in [2.45, 2.75) is 27.0 Å². The molecular formula is C23H20BrFN4O3. The quantitative estimate of drug-likeness (QED) is 0.375. The van der Waals surface area contributed by atoms with Crippen molar-refractivity contribution >= 4 is 27.7 Å². The maximum atomic E-state index is 13.8. The topological polar surface area (TPSA) is 82.2 Å². The zero-order valence-electron chi connectivity index (χ0n) is 17.4. The molecular weight excluding hydrogens is 479 g/mol. The monoisotopic (exact) mass is 498 g/mol. The summed E-state index contributed by atoms with van der Waals surface area (Å²) in [7, 11) is 0. The average Bonchev–Trinajstić information content (AvgIpc) is 3.29. The molecule has 164 valence electrons. The number of nitrogens with one attached hydrogen (secondary N) is 1. The summed E-state index contributed by atoms with van der Waals surface area (Å²) in [6.07, 6.45) is 1.79. The standard InChI is InChI=1S/C23H20BrFN4O3/c1-14-6-5-7-16(10-14)11-29-12-18(24)22(27-29)26-23(30)21-17(15(2)32-28-21)13-31-20-9-4-3-8-19(20)25/h3-10,12H,11,13H2,1-2H3,(H,26,27,30). The maximum absolute atomic E-state index is 13.8. The van der Waals surface area contributed by atoms with E-state index in [1.165, 1.54) is 12.1 Å². The normalized spacial score (nSPS) is 10.9. The summed E-state index contributed by atoms with van der Waals surface area (Å²) in [4.78, 5) is 12.9. The van der Waals surface area contributed by atoms with Gasteiger partial charge in [0, 0.05) is 6.20 Å². The number of nitrogens with zero attached hydrogens (tertiary/aromatic N) is 3. The van der Waals surface area contributed by atoms with Gasteiger partial charge < -0.3 is 14.6 Å². The minimum absolute atomic E-state index is 0.0546. The summed E-state index contributed by atoms with van der Waals surface area (Å²) in [5.41, 5.74) is 2.74. The molecule has 1 N–H and O–H groups in total. The highest BCUT2D eigenvalue weighted by Crippen LogP contribution is 2.24. The Bertz CT molecular complexity index is 1270. The Hall–Kier alpha value is -3.46. The number of para-hydroxylation sites is 1. The molecule has 0 aliphatic heterocycles. The maximum Gasteiger partial charge on any atom is 0.279 e. The molecule has 9 heteroatoms. The smallest absolute Gasteiger partial charge is 0.279 e. The van der Waals surface area contributed by atoms with Crippen LogP contribution in [-0.2, 0) is 13.2 Å². The fraction of sp³-hybridized carbons (Fsp3) is 0.174. The first-order valence-electron chi connectivity index (χ1n) is 9.83. The highest BCUT2D eigenvalue weighted by Gasteiger charge is 2.22. The van der Waals surface area contributed by atoms with E-state index in [1.54, 1.807) is 29.9 Å². The van der Waals surface area contributed by atoms with Crippen molar-refractivity contribution in [1.29, 1.82) is 0 Å². The number of amides is 1. The number of carbonyl (C=O) groups excluding carboxylic acids is 1. The third-order valence-corrected chi connectivity index (χ3v) is 5.36. The van der Waals surface area contributed by atoms with Crippen molar-refractivity contribution in [2.75, 3.05) is 5.32 Å². The Kier molecular flexibility index (Phi) is 6.36. The van der Waals surface area contributed by atoms with Crippen LogP contribution in [0.3, 0.4) is 0 Å². The molecule has 0 spiro atoms.